The molecular weight excluding hydrogens is 274 g/mol. The Bertz CT molecular complexity index is 642. The lowest BCUT2D eigenvalue weighted by Gasteiger charge is -2.32. The molecule has 1 fully saturated rings. The zero-order valence-electron chi connectivity index (χ0n) is 12.4. The molecule has 110 valence electrons. The predicted octanol–water partition coefficient (Wildman–Crippen LogP) is 2.17. The van der Waals surface area contributed by atoms with Crippen molar-refractivity contribution >= 4 is 12.6 Å². The lowest BCUT2D eigenvalue weighted by atomic mass is 9.78. The lowest BCUT2D eigenvalue weighted by Crippen LogP contribution is -2.41. The normalized spacial score (nSPS) is 20.0. The van der Waals surface area contributed by atoms with Gasteiger partial charge in [0.05, 0.1) is 11.2 Å². The van der Waals surface area contributed by atoms with Crippen molar-refractivity contribution in [1.29, 1.82) is 0 Å². The zero-order valence-corrected chi connectivity index (χ0v) is 12.4. The van der Waals surface area contributed by atoms with Crippen molar-refractivity contribution in [3.8, 4) is 11.5 Å². The van der Waals surface area contributed by atoms with Crippen molar-refractivity contribution in [2.75, 3.05) is 0 Å². The van der Waals surface area contributed by atoms with Crippen molar-refractivity contribution < 1.29 is 18.1 Å². The Kier molecular flexibility index (Phi) is 3.14. The summed E-state index contributed by atoms with van der Waals surface area (Å²) in [5.74, 6) is -0.0652. The fraction of sp³-hybridized carbons (Fsp3) is 0.429. The minimum atomic E-state index is -0.766. The van der Waals surface area contributed by atoms with Gasteiger partial charge in [0.15, 0.2) is 0 Å². The first-order valence-electron chi connectivity index (χ1n) is 6.72. The van der Waals surface area contributed by atoms with Crippen LogP contribution in [0, 0.1) is 5.82 Å². The third kappa shape index (κ3) is 2.36. The Balaban J connectivity index is 1.98. The van der Waals surface area contributed by atoms with Gasteiger partial charge < -0.3 is 13.7 Å². The molecule has 1 aliphatic rings. The molecule has 0 bridgehead atoms. The molecule has 21 heavy (non-hydrogen) atoms. The van der Waals surface area contributed by atoms with Crippen molar-refractivity contribution in [3.05, 3.63) is 30.4 Å². The topological polar surface area (TPSA) is 57.4 Å². The Morgan fingerprint density at radius 1 is 1.10 bits per heavy atom. The third-order valence-corrected chi connectivity index (χ3v) is 4.11. The molecule has 1 aromatic heterocycles. The van der Waals surface area contributed by atoms with Gasteiger partial charge in [0.1, 0.15) is 5.82 Å². The molecule has 0 aliphatic carbocycles. The van der Waals surface area contributed by atoms with E-state index in [0.29, 0.717) is 16.9 Å². The van der Waals surface area contributed by atoms with Crippen LogP contribution < -0.4 is 5.46 Å². The van der Waals surface area contributed by atoms with Crippen LogP contribution in [0.25, 0.3) is 11.5 Å². The van der Waals surface area contributed by atoms with E-state index < -0.39 is 24.1 Å². The van der Waals surface area contributed by atoms with Gasteiger partial charge in [-0.05, 0) is 45.9 Å². The first-order chi connectivity index (χ1) is 9.80. The van der Waals surface area contributed by atoms with Crippen LogP contribution in [0.3, 0.4) is 0 Å². The molecule has 7 heteroatoms. The highest BCUT2D eigenvalue weighted by molar-refractivity contribution is 6.62. The SMILES string of the molecule is CC1(C)OB(c2cc(-c3nnco3)ccc2F)OC1(C)C. The lowest BCUT2D eigenvalue weighted by molar-refractivity contribution is 0.00578. The average molecular weight is 290 g/mol. The highest BCUT2D eigenvalue weighted by Crippen LogP contribution is 2.36. The summed E-state index contributed by atoms with van der Waals surface area (Å²) >= 11 is 0. The van der Waals surface area contributed by atoms with Gasteiger partial charge in [0.25, 0.3) is 0 Å². The van der Waals surface area contributed by atoms with Crippen LogP contribution in [-0.4, -0.2) is 28.5 Å². The summed E-state index contributed by atoms with van der Waals surface area (Å²) in [6.45, 7) is 7.69. The summed E-state index contributed by atoms with van der Waals surface area (Å²) in [6.07, 6.45) is 1.23. The van der Waals surface area contributed by atoms with Crippen LogP contribution in [-0.2, 0) is 9.31 Å². The van der Waals surface area contributed by atoms with E-state index >= 15 is 0 Å². The summed E-state index contributed by atoms with van der Waals surface area (Å²) in [5, 5.41) is 7.44. The molecule has 0 saturated carbocycles. The number of benzene rings is 1. The quantitative estimate of drug-likeness (QED) is 0.793. The number of halogens is 1. The zero-order chi connectivity index (χ0) is 15.3. The van der Waals surface area contributed by atoms with Crippen LogP contribution in [0.4, 0.5) is 4.39 Å². The van der Waals surface area contributed by atoms with E-state index in [2.05, 4.69) is 10.2 Å². The third-order valence-electron chi connectivity index (χ3n) is 4.11. The molecule has 0 amide bonds. The number of rotatable bonds is 2. The molecule has 0 unspecified atom stereocenters. The van der Waals surface area contributed by atoms with E-state index in [-0.39, 0.29) is 0 Å². The van der Waals surface area contributed by atoms with Gasteiger partial charge in [-0.1, -0.05) is 0 Å². The second kappa shape index (κ2) is 4.64. The molecule has 2 heterocycles. The van der Waals surface area contributed by atoms with Crippen molar-refractivity contribution in [2.45, 2.75) is 38.9 Å². The first kappa shape index (κ1) is 14.2. The molecule has 1 aromatic carbocycles. The van der Waals surface area contributed by atoms with Gasteiger partial charge >= 0.3 is 7.12 Å². The van der Waals surface area contributed by atoms with Crippen LogP contribution >= 0.6 is 0 Å². The van der Waals surface area contributed by atoms with Crippen LogP contribution in [0.5, 0.6) is 0 Å². The smallest absolute Gasteiger partial charge is 0.423 e. The molecule has 0 N–H and O–H groups in total. The van der Waals surface area contributed by atoms with E-state index in [1.807, 2.05) is 27.7 Å². The molecular formula is C14H16BFN2O3. The number of hydrogen-bond acceptors (Lipinski definition) is 5. The van der Waals surface area contributed by atoms with Gasteiger partial charge in [-0.25, -0.2) is 4.39 Å². The highest BCUT2D eigenvalue weighted by atomic mass is 19.1. The number of nitrogens with zero attached hydrogens (tertiary/aromatic N) is 2. The maximum atomic E-state index is 14.1. The van der Waals surface area contributed by atoms with Crippen molar-refractivity contribution in [3.63, 3.8) is 0 Å². The molecule has 0 radical (unpaired) electrons. The number of hydrogen-bond donors (Lipinski definition) is 0. The number of aromatic nitrogens is 2. The Hall–Kier alpha value is -1.73. The van der Waals surface area contributed by atoms with Crippen LogP contribution in [0.1, 0.15) is 27.7 Å². The second-order valence-corrected chi connectivity index (χ2v) is 6.07. The fourth-order valence-electron chi connectivity index (χ4n) is 2.13. The summed E-state index contributed by atoms with van der Waals surface area (Å²) in [5.41, 5.74) is -0.0992. The standard InChI is InChI=1S/C14H16BFN2O3/c1-13(2)14(3,4)21-15(20-13)10-7-9(5-6-11(10)16)12-18-17-8-19-12/h5-8H,1-4H3. The molecule has 1 aliphatic heterocycles. The monoisotopic (exact) mass is 290 g/mol. The summed E-state index contributed by atoms with van der Waals surface area (Å²) in [7, 11) is -0.766. The van der Waals surface area contributed by atoms with E-state index in [4.69, 9.17) is 13.7 Å². The van der Waals surface area contributed by atoms with E-state index in [0.717, 1.165) is 0 Å². The van der Waals surface area contributed by atoms with Gasteiger partial charge in [-0.3, -0.25) is 0 Å². The fourth-order valence-corrected chi connectivity index (χ4v) is 2.13. The largest absolute Gasteiger partial charge is 0.497 e. The van der Waals surface area contributed by atoms with Gasteiger partial charge in [-0.2, -0.15) is 0 Å². The maximum Gasteiger partial charge on any atom is 0.497 e. The average Bonchev–Trinajstić information content (AvgIpc) is 2.97. The van der Waals surface area contributed by atoms with Crippen LogP contribution in [0.2, 0.25) is 0 Å². The summed E-state index contributed by atoms with van der Waals surface area (Å²) < 4.78 is 31.0. The van der Waals surface area contributed by atoms with Crippen molar-refractivity contribution in [1.82, 2.24) is 10.2 Å². The maximum absolute atomic E-state index is 14.1. The second-order valence-electron chi connectivity index (χ2n) is 6.07. The van der Waals surface area contributed by atoms with E-state index in [1.54, 1.807) is 12.1 Å². The Labute approximate surface area is 122 Å². The molecule has 0 spiro atoms. The Morgan fingerprint density at radius 2 is 1.76 bits per heavy atom. The minimum absolute atomic E-state index is 0.323. The van der Waals surface area contributed by atoms with Crippen LogP contribution in [0.15, 0.2) is 29.0 Å². The highest BCUT2D eigenvalue weighted by Gasteiger charge is 2.52. The minimum Gasteiger partial charge on any atom is -0.423 e. The van der Waals surface area contributed by atoms with Gasteiger partial charge in [0.2, 0.25) is 12.3 Å². The molecule has 3 rings (SSSR count). The van der Waals surface area contributed by atoms with Gasteiger partial charge in [-0.15, -0.1) is 10.2 Å². The van der Waals surface area contributed by atoms with E-state index in [1.165, 1.54) is 12.5 Å². The molecule has 5 nitrogen and oxygen atoms in total. The van der Waals surface area contributed by atoms with Crippen molar-refractivity contribution in [2.24, 2.45) is 0 Å². The predicted molar refractivity (Wildman–Crippen MR) is 75.4 cm³/mol. The first-order valence-corrected chi connectivity index (χ1v) is 6.72. The summed E-state index contributed by atoms with van der Waals surface area (Å²) in [4.78, 5) is 0. The molecule has 1 saturated heterocycles. The summed E-state index contributed by atoms with van der Waals surface area (Å²) in [6, 6.07) is 4.54. The Morgan fingerprint density at radius 3 is 2.33 bits per heavy atom. The molecule has 2 aromatic rings. The van der Waals surface area contributed by atoms with Gasteiger partial charge in [0, 0.05) is 11.0 Å². The molecule has 0 atom stereocenters. The van der Waals surface area contributed by atoms with E-state index in [9.17, 15) is 4.39 Å².